The Morgan fingerprint density at radius 2 is 1.68 bits per heavy atom. The number of rotatable bonds is 7. The smallest absolute Gasteiger partial charge is 0.255 e. The summed E-state index contributed by atoms with van der Waals surface area (Å²) in [5.74, 6) is -0.198. The number of nitrogens with one attached hydrogen (secondary N) is 1. The lowest BCUT2D eigenvalue weighted by molar-refractivity contribution is 0.0773. The predicted octanol–water partition coefficient (Wildman–Crippen LogP) is 3.57. The molecule has 1 N–H and O–H groups in total. The van der Waals surface area contributed by atoms with Gasteiger partial charge in [-0.25, -0.2) is 0 Å². The molecule has 0 spiro atoms. The molecule has 0 aliphatic heterocycles. The average Bonchev–Trinajstić information content (AvgIpc) is 2.64. The minimum Gasteiger partial charge on any atom is -0.380 e. The summed E-state index contributed by atoms with van der Waals surface area (Å²) in [6.45, 7) is 5.71. The maximum Gasteiger partial charge on any atom is 0.255 e. The van der Waals surface area contributed by atoms with Gasteiger partial charge in [0.2, 0.25) is 0 Å². The van der Waals surface area contributed by atoms with Crippen molar-refractivity contribution in [1.29, 1.82) is 0 Å². The molecule has 0 atom stereocenters. The van der Waals surface area contributed by atoms with Crippen LogP contribution in [-0.2, 0) is 11.3 Å². The van der Waals surface area contributed by atoms with E-state index >= 15 is 0 Å². The van der Waals surface area contributed by atoms with Crippen molar-refractivity contribution >= 4 is 17.5 Å². The molecule has 5 heteroatoms. The van der Waals surface area contributed by atoms with Crippen LogP contribution in [0.4, 0.5) is 5.69 Å². The zero-order valence-electron chi connectivity index (χ0n) is 14.9. The number of nitrogens with zero attached hydrogens (tertiary/aromatic N) is 1. The van der Waals surface area contributed by atoms with Gasteiger partial charge in [-0.1, -0.05) is 12.1 Å². The van der Waals surface area contributed by atoms with Crippen LogP contribution in [0.2, 0.25) is 0 Å². The maximum atomic E-state index is 12.4. The van der Waals surface area contributed by atoms with E-state index in [9.17, 15) is 9.59 Å². The van der Waals surface area contributed by atoms with Gasteiger partial charge in [0.1, 0.15) is 0 Å². The van der Waals surface area contributed by atoms with E-state index in [1.165, 1.54) is 0 Å². The number of hydrogen-bond acceptors (Lipinski definition) is 3. The molecule has 2 rings (SSSR count). The van der Waals surface area contributed by atoms with E-state index in [-0.39, 0.29) is 11.8 Å². The standard InChI is InChI=1S/C20H24N2O3/c1-4-22(5-2)20(24)16-9-11-18(12-10-16)21-19(23)17-8-6-7-15(13-17)14-25-3/h6-13H,4-5,14H2,1-3H3,(H,21,23). The Morgan fingerprint density at radius 1 is 1.00 bits per heavy atom. The normalized spacial score (nSPS) is 10.4. The van der Waals surface area contributed by atoms with Gasteiger partial charge in [0.25, 0.3) is 11.8 Å². The van der Waals surface area contributed by atoms with Gasteiger partial charge >= 0.3 is 0 Å². The number of carbonyl (C=O) groups excluding carboxylic acids is 2. The molecule has 0 heterocycles. The van der Waals surface area contributed by atoms with Gasteiger partial charge in [-0.05, 0) is 55.8 Å². The molecular formula is C20H24N2O3. The van der Waals surface area contributed by atoms with E-state index in [1.807, 2.05) is 26.0 Å². The Hall–Kier alpha value is -2.66. The summed E-state index contributed by atoms with van der Waals surface area (Å²) in [5.41, 5.74) is 2.77. The van der Waals surface area contributed by atoms with Gasteiger partial charge in [-0.3, -0.25) is 9.59 Å². The monoisotopic (exact) mass is 340 g/mol. The summed E-state index contributed by atoms with van der Waals surface area (Å²) in [7, 11) is 1.62. The van der Waals surface area contributed by atoms with Gasteiger partial charge in [-0.2, -0.15) is 0 Å². The first-order valence-electron chi connectivity index (χ1n) is 8.37. The van der Waals surface area contributed by atoms with E-state index in [1.54, 1.807) is 48.4 Å². The number of amides is 2. The number of anilines is 1. The second kappa shape index (κ2) is 8.99. The fourth-order valence-corrected chi connectivity index (χ4v) is 2.56. The lowest BCUT2D eigenvalue weighted by atomic mass is 10.1. The summed E-state index contributed by atoms with van der Waals surface area (Å²) < 4.78 is 5.09. The van der Waals surface area contributed by atoms with Crippen LogP contribution in [0.15, 0.2) is 48.5 Å². The molecule has 0 bridgehead atoms. The number of methoxy groups -OCH3 is 1. The SMILES string of the molecule is CCN(CC)C(=O)c1ccc(NC(=O)c2cccc(COC)c2)cc1. The van der Waals surface area contributed by atoms with Gasteiger partial charge < -0.3 is 15.0 Å². The predicted molar refractivity (Wildman–Crippen MR) is 98.8 cm³/mol. The highest BCUT2D eigenvalue weighted by atomic mass is 16.5. The van der Waals surface area contributed by atoms with E-state index in [4.69, 9.17) is 4.74 Å². The molecule has 0 saturated carbocycles. The molecule has 0 aliphatic carbocycles. The Morgan fingerprint density at radius 3 is 2.28 bits per heavy atom. The van der Waals surface area contributed by atoms with Crippen LogP contribution in [0.25, 0.3) is 0 Å². The van der Waals surface area contributed by atoms with Crippen molar-refractivity contribution in [2.45, 2.75) is 20.5 Å². The quantitative estimate of drug-likeness (QED) is 0.838. The van der Waals surface area contributed by atoms with E-state index in [0.717, 1.165) is 5.56 Å². The molecule has 25 heavy (non-hydrogen) atoms. The summed E-state index contributed by atoms with van der Waals surface area (Å²) in [4.78, 5) is 26.4. The molecule has 0 aromatic heterocycles. The first-order chi connectivity index (χ1) is 12.1. The van der Waals surface area contributed by atoms with E-state index in [2.05, 4.69) is 5.32 Å². The molecule has 0 radical (unpaired) electrons. The van der Waals surface area contributed by atoms with Crippen LogP contribution in [-0.4, -0.2) is 36.9 Å². The molecule has 0 aliphatic rings. The first-order valence-corrected chi connectivity index (χ1v) is 8.37. The van der Waals surface area contributed by atoms with Crippen molar-refractivity contribution in [2.24, 2.45) is 0 Å². The second-order valence-corrected chi connectivity index (χ2v) is 5.64. The number of benzene rings is 2. The van der Waals surface area contributed by atoms with Crippen molar-refractivity contribution < 1.29 is 14.3 Å². The Balaban J connectivity index is 2.07. The summed E-state index contributed by atoms with van der Waals surface area (Å²) in [6.07, 6.45) is 0. The Kier molecular flexibility index (Phi) is 6.71. The lowest BCUT2D eigenvalue weighted by Crippen LogP contribution is -2.30. The fourth-order valence-electron chi connectivity index (χ4n) is 2.56. The molecule has 0 unspecified atom stereocenters. The van der Waals surface area contributed by atoms with Crippen LogP contribution in [0.1, 0.15) is 40.1 Å². The fraction of sp³-hybridized carbons (Fsp3) is 0.300. The van der Waals surface area contributed by atoms with Gasteiger partial charge in [0, 0.05) is 37.0 Å². The number of ether oxygens (including phenoxy) is 1. The van der Waals surface area contributed by atoms with Crippen LogP contribution < -0.4 is 5.32 Å². The summed E-state index contributed by atoms with van der Waals surface area (Å²) in [6, 6.07) is 14.3. The van der Waals surface area contributed by atoms with Crippen LogP contribution in [0.5, 0.6) is 0 Å². The molecule has 2 aromatic carbocycles. The average molecular weight is 340 g/mol. The largest absolute Gasteiger partial charge is 0.380 e. The first kappa shape index (κ1) is 18.7. The zero-order chi connectivity index (χ0) is 18.2. The van der Waals surface area contributed by atoms with Crippen LogP contribution >= 0.6 is 0 Å². The van der Waals surface area contributed by atoms with Crippen molar-refractivity contribution in [2.75, 3.05) is 25.5 Å². The Labute approximate surface area is 148 Å². The van der Waals surface area contributed by atoms with Crippen molar-refractivity contribution in [1.82, 2.24) is 4.90 Å². The van der Waals surface area contributed by atoms with Crippen molar-refractivity contribution in [3.63, 3.8) is 0 Å². The third-order valence-corrected chi connectivity index (χ3v) is 3.94. The summed E-state index contributed by atoms with van der Waals surface area (Å²) >= 11 is 0. The van der Waals surface area contributed by atoms with Crippen molar-refractivity contribution in [3.05, 3.63) is 65.2 Å². The van der Waals surface area contributed by atoms with Crippen LogP contribution in [0, 0.1) is 0 Å². The highest BCUT2D eigenvalue weighted by Crippen LogP contribution is 2.14. The lowest BCUT2D eigenvalue weighted by Gasteiger charge is -2.18. The molecule has 5 nitrogen and oxygen atoms in total. The van der Waals surface area contributed by atoms with E-state index < -0.39 is 0 Å². The van der Waals surface area contributed by atoms with Crippen LogP contribution in [0.3, 0.4) is 0 Å². The van der Waals surface area contributed by atoms with Gasteiger partial charge in [0.15, 0.2) is 0 Å². The number of carbonyl (C=O) groups is 2. The molecule has 0 fully saturated rings. The third kappa shape index (κ3) is 4.90. The summed E-state index contributed by atoms with van der Waals surface area (Å²) in [5, 5.41) is 2.85. The van der Waals surface area contributed by atoms with Crippen molar-refractivity contribution in [3.8, 4) is 0 Å². The minimum absolute atomic E-state index is 0.00450. The maximum absolute atomic E-state index is 12.4. The minimum atomic E-state index is -0.194. The number of hydrogen-bond donors (Lipinski definition) is 1. The highest BCUT2D eigenvalue weighted by Gasteiger charge is 2.12. The molecule has 2 aromatic rings. The second-order valence-electron chi connectivity index (χ2n) is 5.64. The molecule has 2 amide bonds. The highest BCUT2D eigenvalue weighted by molar-refractivity contribution is 6.04. The third-order valence-electron chi connectivity index (χ3n) is 3.94. The van der Waals surface area contributed by atoms with Gasteiger partial charge in [0.05, 0.1) is 6.61 Å². The van der Waals surface area contributed by atoms with E-state index in [0.29, 0.717) is 36.5 Å². The molecule has 0 saturated heterocycles. The topological polar surface area (TPSA) is 58.6 Å². The molecular weight excluding hydrogens is 316 g/mol. The molecule has 132 valence electrons. The van der Waals surface area contributed by atoms with Gasteiger partial charge in [-0.15, -0.1) is 0 Å². The Bertz CT molecular complexity index is 722. The zero-order valence-corrected chi connectivity index (χ0v) is 14.9.